The van der Waals surface area contributed by atoms with Crippen molar-refractivity contribution < 1.29 is 0 Å². The van der Waals surface area contributed by atoms with Gasteiger partial charge in [0.05, 0.1) is 0 Å². The zero-order chi connectivity index (χ0) is 14.6. The Morgan fingerprint density at radius 1 is 0.833 bits per heavy atom. The molecule has 0 spiro atoms. The highest BCUT2D eigenvalue weighted by atomic mass is 14.2. The maximum absolute atomic E-state index is 3.35. The lowest BCUT2D eigenvalue weighted by Gasteiger charge is -2.19. The van der Waals surface area contributed by atoms with E-state index in [1.807, 2.05) is 0 Å². The van der Waals surface area contributed by atoms with Crippen LogP contribution in [0.2, 0.25) is 0 Å². The molecule has 0 aromatic heterocycles. The molecule has 102 valence electrons. The molecule has 0 aliphatic carbocycles. The second kappa shape index (κ2) is 5.79. The second-order valence-corrected chi connectivity index (χ2v) is 8.06. The van der Waals surface area contributed by atoms with E-state index in [1.54, 1.807) is 0 Å². The van der Waals surface area contributed by atoms with Gasteiger partial charge in [-0.05, 0) is 31.6 Å². The van der Waals surface area contributed by atoms with Crippen LogP contribution in [0.25, 0.3) is 0 Å². The molecule has 0 saturated heterocycles. The molecule has 18 heavy (non-hydrogen) atoms. The summed E-state index contributed by atoms with van der Waals surface area (Å²) < 4.78 is 0. The lowest BCUT2D eigenvalue weighted by Crippen LogP contribution is -2.09. The van der Waals surface area contributed by atoms with Crippen LogP contribution in [0.4, 0.5) is 0 Å². The minimum atomic E-state index is 0.0537. The zero-order valence-corrected chi connectivity index (χ0v) is 13.7. The van der Waals surface area contributed by atoms with Gasteiger partial charge in [0.1, 0.15) is 0 Å². The number of rotatable bonds is 1. The monoisotopic (exact) mass is 246 g/mol. The van der Waals surface area contributed by atoms with Crippen LogP contribution in [0.15, 0.2) is 23.8 Å². The molecule has 0 fully saturated rings. The van der Waals surface area contributed by atoms with Crippen LogP contribution >= 0.6 is 0 Å². The molecule has 0 heterocycles. The average molecular weight is 246 g/mol. The first kappa shape index (κ1) is 17.0. The molecule has 0 radical (unpaired) electrons. The van der Waals surface area contributed by atoms with Crippen LogP contribution in [-0.2, 0) is 0 Å². The molecule has 0 bridgehead atoms. The van der Waals surface area contributed by atoms with Gasteiger partial charge in [-0.1, -0.05) is 71.6 Å². The maximum atomic E-state index is 3.35. The maximum Gasteiger partial charge on any atom is 0.0233 e. The van der Waals surface area contributed by atoms with E-state index < -0.39 is 0 Å². The van der Waals surface area contributed by atoms with Gasteiger partial charge in [0.15, 0.2) is 0 Å². The summed E-state index contributed by atoms with van der Waals surface area (Å²) in [7, 11) is 0. The fraction of sp³-hybridized carbons (Fsp3) is 0.667. The minimum absolute atomic E-state index is 0.0537. The van der Waals surface area contributed by atoms with E-state index >= 15 is 0 Å². The molecule has 0 saturated carbocycles. The van der Waals surface area contributed by atoms with Crippen molar-refractivity contribution in [1.29, 1.82) is 0 Å². The van der Waals surface area contributed by atoms with Crippen LogP contribution in [0.3, 0.4) is 0 Å². The molecule has 0 aliphatic heterocycles. The van der Waals surface area contributed by atoms with Gasteiger partial charge < -0.3 is 0 Å². The molecule has 0 aromatic rings. The van der Waals surface area contributed by atoms with Gasteiger partial charge in [-0.3, -0.25) is 0 Å². The molecule has 0 nitrogen and oxygen atoms in total. The lowest BCUT2D eigenvalue weighted by atomic mass is 9.85. The Labute approximate surface area is 115 Å². The van der Waals surface area contributed by atoms with Crippen molar-refractivity contribution in [2.24, 2.45) is 16.2 Å². The summed E-state index contributed by atoms with van der Waals surface area (Å²) in [5.74, 6) is 6.67. The minimum Gasteiger partial charge on any atom is -0.0923 e. The highest BCUT2D eigenvalue weighted by Crippen LogP contribution is 2.26. The molecule has 0 aromatic carbocycles. The summed E-state index contributed by atoms with van der Waals surface area (Å²) in [6, 6.07) is 0. The van der Waals surface area contributed by atoms with Gasteiger partial charge in [0.25, 0.3) is 0 Å². The van der Waals surface area contributed by atoms with Crippen molar-refractivity contribution in [3.05, 3.63) is 23.8 Å². The van der Waals surface area contributed by atoms with E-state index in [1.165, 1.54) is 5.57 Å². The molecule has 0 heteroatoms. The van der Waals surface area contributed by atoms with Gasteiger partial charge >= 0.3 is 0 Å². The quantitative estimate of drug-likeness (QED) is 0.416. The zero-order valence-electron chi connectivity index (χ0n) is 13.7. The summed E-state index contributed by atoms with van der Waals surface area (Å²) in [5.41, 5.74) is 1.56. The Bertz CT molecular complexity index is 373. The highest BCUT2D eigenvalue weighted by Gasteiger charge is 2.15. The van der Waals surface area contributed by atoms with Gasteiger partial charge in [-0.25, -0.2) is 0 Å². The average Bonchev–Trinajstić information content (AvgIpc) is 2.04. The van der Waals surface area contributed by atoms with Crippen molar-refractivity contribution in [1.82, 2.24) is 0 Å². The third kappa shape index (κ3) is 9.11. The third-order valence-corrected chi connectivity index (χ3v) is 2.24. The smallest absolute Gasteiger partial charge is 0.0233 e. The molecular weight excluding hydrogens is 216 g/mol. The van der Waals surface area contributed by atoms with E-state index in [2.05, 4.69) is 92.4 Å². The van der Waals surface area contributed by atoms with E-state index in [-0.39, 0.29) is 16.2 Å². The summed E-state index contributed by atoms with van der Waals surface area (Å²) in [6.07, 6.45) is 6.51. The SMILES string of the molecule is CC(C)(C)C#C/C(=C\C=C\C(C)(C)C)C(C)(C)C. The van der Waals surface area contributed by atoms with Gasteiger partial charge in [-0.2, -0.15) is 0 Å². The molecule has 0 aliphatic rings. The Morgan fingerprint density at radius 3 is 1.67 bits per heavy atom. The largest absolute Gasteiger partial charge is 0.0923 e. The Kier molecular flexibility index (Phi) is 5.48. The van der Waals surface area contributed by atoms with Crippen LogP contribution in [0.1, 0.15) is 62.3 Å². The molecule has 0 atom stereocenters. The van der Waals surface area contributed by atoms with Crippen molar-refractivity contribution in [3.8, 4) is 11.8 Å². The van der Waals surface area contributed by atoms with Crippen molar-refractivity contribution in [2.45, 2.75) is 62.3 Å². The van der Waals surface area contributed by atoms with Crippen molar-refractivity contribution >= 4 is 0 Å². The van der Waals surface area contributed by atoms with Gasteiger partial charge in [0, 0.05) is 11.0 Å². The Morgan fingerprint density at radius 2 is 1.33 bits per heavy atom. The third-order valence-electron chi connectivity index (χ3n) is 2.24. The summed E-state index contributed by atoms with van der Waals surface area (Å²) in [6.45, 7) is 19.7. The molecule has 0 rings (SSSR count). The fourth-order valence-corrected chi connectivity index (χ4v) is 1.17. The van der Waals surface area contributed by atoms with Crippen LogP contribution in [0, 0.1) is 28.1 Å². The number of hydrogen-bond donors (Lipinski definition) is 0. The predicted molar refractivity (Wildman–Crippen MR) is 83.4 cm³/mol. The van der Waals surface area contributed by atoms with Crippen LogP contribution in [-0.4, -0.2) is 0 Å². The first-order valence-electron chi connectivity index (χ1n) is 6.74. The first-order chi connectivity index (χ1) is 7.81. The summed E-state index contributed by atoms with van der Waals surface area (Å²) in [4.78, 5) is 0. The van der Waals surface area contributed by atoms with Gasteiger partial charge in [-0.15, -0.1) is 0 Å². The normalized spacial score (nSPS) is 14.6. The number of hydrogen-bond acceptors (Lipinski definition) is 0. The highest BCUT2D eigenvalue weighted by molar-refractivity contribution is 5.37. The second-order valence-electron chi connectivity index (χ2n) is 8.06. The first-order valence-corrected chi connectivity index (χ1v) is 6.74. The van der Waals surface area contributed by atoms with E-state index in [0.29, 0.717) is 0 Å². The van der Waals surface area contributed by atoms with E-state index in [0.717, 1.165) is 0 Å². The topological polar surface area (TPSA) is 0 Å². The molecule has 0 N–H and O–H groups in total. The summed E-state index contributed by atoms with van der Waals surface area (Å²) >= 11 is 0. The Balaban J connectivity index is 5.21. The van der Waals surface area contributed by atoms with E-state index in [9.17, 15) is 0 Å². The summed E-state index contributed by atoms with van der Waals surface area (Å²) in [5, 5.41) is 0. The molecular formula is C18H30. The molecule has 0 amide bonds. The lowest BCUT2D eigenvalue weighted by molar-refractivity contribution is 0.518. The predicted octanol–water partition coefficient (Wildman–Crippen LogP) is 5.61. The van der Waals surface area contributed by atoms with Crippen molar-refractivity contribution in [2.75, 3.05) is 0 Å². The van der Waals surface area contributed by atoms with E-state index in [4.69, 9.17) is 0 Å². The van der Waals surface area contributed by atoms with Crippen molar-refractivity contribution in [3.63, 3.8) is 0 Å². The standard InChI is InChI=1S/C18H30/c1-16(2,3)13-10-11-15(18(7,8)9)12-14-17(4,5)6/h10-11,13H,1-9H3/b13-10+,15-11+. The van der Waals surface area contributed by atoms with Crippen LogP contribution < -0.4 is 0 Å². The fourth-order valence-electron chi connectivity index (χ4n) is 1.17. The van der Waals surface area contributed by atoms with Crippen LogP contribution in [0.5, 0.6) is 0 Å². The van der Waals surface area contributed by atoms with Gasteiger partial charge in [0.2, 0.25) is 0 Å². The number of allylic oxidation sites excluding steroid dienone is 4. The molecule has 0 unspecified atom stereocenters. The Hall–Kier alpha value is -0.960.